The molecule has 0 spiro atoms. The molecule has 1 aliphatic rings. The molecule has 0 fully saturated rings. The monoisotopic (exact) mass is 378 g/mol. The Labute approximate surface area is 152 Å². The van der Waals surface area contributed by atoms with Gasteiger partial charge >= 0.3 is 0 Å². The van der Waals surface area contributed by atoms with Crippen molar-refractivity contribution in [3.05, 3.63) is 46.8 Å². The zero-order valence-corrected chi connectivity index (χ0v) is 15.8. The van der Waals surface area contributed by atoms with Gasteiger partial charge in [-0.05, 0) is 47.5 Å². The van der Waals surface area contributed by atoms with Gasteiger partial charge < -0.3 is 5.32 Å². The van der Waals surface area contributed by atoms with Gasteiger partial charge in [-0.3, -0.25) is 4.79 Å². The van der Waals surface area contributed by atoms with Crippen LogP contribution in [0.25, 0.3) is 0 Å². The highest BCUT2D eigenvalue weighted by Gasteiger charge is 2.29. The predicted molar refractivity (Wildman–Crippen MR) is 100 cm³/mol. The van der Waals surface area contributed by atoms with Gasteiger partial charge in [0.25, 0.3) is 10.0 Å². The van der Waals surface area contributed by atoms with Crippen LogP contribution < -0.4 is 5.32 Å². The maximum atomic E-state index is 12.7. The van der Waals surface area contributed by atoms with E-state index in [1.54, 1.807) is 17.5 Å². The Balaban J connectivity index is 1.76. The van der Waals surface area contributed by atoms with Crippen LogP contribution in [0, 0.1) is 0 Å². The Kier molecular flexibility index (Phi) is 5.56. The molecule has 0 bridgehead atoms. The summed E-state index contributed by atoms with van der Waals surface area (Å²) in [7, 11) is -3.44. The maximum absolute atomic E-state index is 12.7. The predicted octanol–water partition coefficient (Wildman–Crippen LogP) is 3.62. The third kappa shape index (κ3) is 4.11. The second-order valence-electron chi connectivity index (χ2n) is 6.16. The molecule has 0 unspecified atom stereocenters. The number of unbranched alkanes of at least 4 members (excludes halogenated alkanes) is 1. The van der Waals surface area contributed by atoms with Crippen LogP contribution >= 0.6 is 11.3 Å². The quantitative estimate of drug-likeness (QED) is 0.835. The lowest BCUT2D eigenvalue weighted by atomic mass is 10.0. The van der Waals surface area contributed by atoms with Crippen molar-refractivity contribution in [1.82, 2.24) is 4.31 Å². The minimum absolute atomic E-state index is 0.000623. The maximum Gasteiger partial charge on any atom is 0.252 e. The number of sulfonamides is 1. The van der Waals surface area contributed by atoms with Crippen LogP contribution in [-0.4, -0.2) is 25.2 Å². The van der Waals surface area contributed by atoms with Crippen LogP contribution in [0.15, 0.2) is 39.9 Å². The molecule has 1 aromatic carbocycles. The molecule has 1 amide bonds. The second-order valence-corrected chi connectivity index (χ2v) is 9.27. The van der Waals surface area contributed by atoms with E-state index in [2.05, 4.69) is 12.2 Å². The first-order valence-electron chi connectivity index (χ1n) is 8.46. The molecule has 25 heavy (non-hydrogen) atoms. The van der Waals surface area contributed by atoms with Gasteiger partial charge in [-0.1, -0.05) is 25.5 Å². The summed E-state index contributed by atoms with van der Waals surface area (Å²) in [6.45, 7) is 2.87. The number of fused-ring (bicyclic) bond motifs is 1. The zero-order valence-electron chi connectivity index (χ0n) is 14.2. The standard InChI is InChI=1S/C18H22N2O3S2/c1-2-3-5-17(21)19-16-8-7-14-9-10-20(13-15(14)12-16)25(22,23)18-6-4-11-24-18/h4,6-8,11-12H,2-3,5,9-10,13H2,1H3,(H,19,21). The molecule has 5 nitrogen and oxygen atoms in total. The van der Waals surface area contributed by atoms with Gasteiger partial charge in [-0.15, -0.1) is 11.3 Å². The highest BCUT2D eigenvalue weighted by Crippen LogP contribution is 2.28. The van der Waals surface area contributed by atoms with Gasteiger partial charge in [0.2, 0.25) is 5.91 Å². The van der Waals surface area contributed by atoms with Gasteiger partial charge in [0.15, 0.2) is 0 Å². The SMILES string of the molecule is CCCCC(=O)Nc1ccc2c(c1)CN(S(=O)(=O)c1cccs1)CC2. The molecule has 1 N–H and O–H groups in total. The van der Waals surface area contributed by atoms with Crippen molar-refractivity contribution in [1.29, 1.82) is 0 Å². The van der Waals surface area contributed by atoms with Crippen LogP contribution in [0.1, 0.15) is 37.3 Å². The lowest BCUT2D eigenvalue weighted by Crippen LogP contribution is -2.35. The van der Waals surface area contributed by atoms with Gasteiger partial charge in [0.05, 0.1) is 0 Å². The number of carbonyl (C=O) groups excluding carboxylic acids is 1. The van der Waals surface area contributed by atoms with E-state index in [0.29, 0.717) is 30.1 Å². The van der Waals surface area contributed by atoms with E-state index in [9.17, 15) is 13.2 Å². The third-order valence-electron chi connectivity index (χ3n) is 4.31. The first kappa shape index (κ1) is 18.1. The van der Waals surface area contributed by atoms with Crippen molar-refractivity contribution < 1.29 is 13.2 Å². The molecule has 0 saturated heterocycles. The second kappa shape index (κ2) is 7.68. The first-order chi connectivity index (χ1) is 12.0. The molecule has 2 aromatic rings. The van der Waals surface area contributed by atoms with Crippen molar-refractivity contribution >= 4 is 33.0 Å². The molecule has 1 aliphatic heterocycles. The molecular formula is C18H22N2O3S2. The van der Waals surface area contributed by atoms with Gasteiger partial charge in [-0.25, -0.2) is 8.42 Å². The summed E-state index contributed by atoms with van der Waals surface area (Å²) in [5.41, 5.74) is 2.83. The molecule has 2 heterocycles. The third-order valence-corrected chi connectivity index (χ3v) is 7.53. The number of carbonyl (C=O) groups is 1. The molecule has 7 heteroatoms. The van der Waals surface area contributed by atoms with Crippen molar-refractivity contribution in [2.75, 3.05) is 11.9 Å². The summed E-state index contributed by atoms with van der Waals surface area (Å²) in [5, 5.41) is 4.68. The highest BCUT2D eigenvalue weighted by molar-refractivity contribution is 7.91. The summed E-state index contributed by atoms with van der Waals surface area (Å²) < 4.78 is 27.3. The van der Waals surface area contributed by atoms with Crippen LogP contribution in [0.3, 0.4) is 0 Å². The Morgan fingerprint density at radius 1 is 1.28 bits per heavy atom. The molecule has 0 saturated carbocycles. The van der Waals surface area contributed by atoms with Gasteiger partial charge in [0.1, 0.15) is 4.21 Å². The Morgan fingerprint density at radius 2 is 2.12 bits per heavy atom. The number of nitrogens with zero attached hydrogens (tertiary/aromatic N) is 1. The fourth-order valence-corrected chi connectivity index (χ4v) is 5.48. The van der Waals surface area contributed by atoms with E-state index < -0.39 is 10.0 Å². The highest BCUT2D eigenvalue weighted by atomic mass is 32.2. The number of rotatable bonds is 6. The summed E-state index contributed by atoms with van der Waals surface area (Å²) in [5.74, 6) is 0.000623. The van der Waals surface area contributed by atoms with Crippen LogP contribution in [0.5, 0.6) is 0 Å². The van der Waals surface area contributed by atoms with Crippen molar-refractivity contribution in [2.24, 2.45) is 0 Å². The summed E-state index contributed by atoms with van der Waals surface area (Å²) in [4.78, 5) is 11.9. The Bertz CT molecular complexity index is 845. The van der Waals surface area contributed by atoms with Crippen LogP contribution in [0.2, 0.25) is 0 Å². The summed E-state index contributed by atoms with van der Waals surface area (Å²) >= 11 is 1.24. The van der Waals surface area contributed by atoms with Crippen molar-refractivity contribution in [3.8, 4) is 0 Å². The molecule has 0 radical (unpaired) electrons. The fraction of sp³-hybridized carbons (Fsp3) is 0.389. The largest absolute Gasteiger partial charge is 0.326 e. The lowest BCUT2D eigenvalue weighted by Gasteiger charge is -2.28. The van der Waals surface area contributed by atoms with Crippen LogP contribution in [-0.2, 0) is 27.8 Å². The number of nitrogens with one attached hydrogen (secondary N) is 1. The fourth-order valence-electron chi connectivity index (χ4n) is 2.91. The molecule has 3 rings (SSSR count). The minimum Gasteiger partial charge on any atom is -0.326 e. The van der Waals surface area contributed by atoms with Crippen molar-refractivity contribution in [2.45, 2.75) is 43.4 Å². The van der Waals surface area contributed by atoms with E-state index in [1.807, 2.05) is 18.2 Å². The lowest BCUT2D eigenvalue weighted by molar-refractivity contribution is -0.116. The Hall–Kier alpha value is -1.70. The smallest absolute Gasteiger partial charge is 0.252 e. The molecular weight excluding hydrogens is 356 g/mol. The summed E-state index contributed by atoms with van der Waals surface area (Å²) in [6.07, 6.45) is 3.03. The topological polar surface area (TPSA) is 66.5 Å². The zero-order chi connectivity index (χ0) is 17.9. The molecule has 0 atom stereocenters. The summed E-state index contributed by atoms with van der Waals surface area (Å²) in [6, 6.07) is 9.17. The molecule has 134 valence electrons. The first-order valence-corrected chi connectivity index (χ1v) is 10.8. The van der Waals surface area contributed by atoms with Crippen LogP contribution in [0.4, 0.5) is 5.69 Å². The van der Waals surface area contributed by atoms with E-state index in [4.69, 9.17) is 0 Å². The minimum atomic E-state index is -3.44. The molecule has 0 aliphatic carbocycles. The molecule has 1 aromatic heterocycles. The number of benzene rings is 1. The van der Waals surface area contributed by atoms with E-state index >= 15 is 0 Å². The number of thiophene rings is 1. The number of hydrogen-bond donors (Lipinski definition) is 1. The van der Waals surface area contributed by atoms with Gasteiger partial charge in [-0.2, -0.15) is 4.31 Å². The normalized spacial score (nSPS) is 14.9. The number of hydrogen-bond acceptors (Lipinski definition) is 4. The number of anilines is 1. The number of amides is 1. The van der Waals surface area contributed by atoms with E-state index in [-0.39, 0.29) is 5.91 Å². The van der Waals surface area contributed by atoms with E-state index in [0.717, 1.165) is 29.7 Å². The average molecular weight is 379 g/mol. The van der Waals surface area contributed by atoms with E-state index in [1.165, 1.54) is 15.6 Å². The average Bonchev–Trinajstić information content (AvgIpc) is 3.15. The Morgan fingerprint density at radius 3 is 2.84 bits per heavy atom. The van der Waals surface area contributed by atoms with Crippen molar-refractivity contribution in [3.63, 3.8) is 0 Å². The van der Waals surface area contributed by atoms with Gasteiger partial charge in [0, 0.05) is 25.2 Å².